The van der Waals surface area contributed by atoms with Crippen molar-refractivity contribution in [3.63, 3.8) is 0 Å². The third-order valence-electron chi connectivity index (χ3n) is 4.91. The van der Waals surface area contributed by atoms with Crippen LogP contribution in [-0.2, 0) is 25.8 Å². The van der Waals surface area contributed by atoms with Gasteiger partial charge in [0.1, 0.15) is 11.1 Å². The second kappa shape index (κ2) is 6.80. The molecule has 3 rings (SSSR count). The summed E-state index contributed by atoms with van der Waals surface area (Å²) in [4.78, 5) is 14.2. The molecule has 2 aliphatic rings. The van der Waals surface area contributed by atoms with Crippen molar-refractivity contribution in [1.29, 1.82) is 0 Å². The summed E-state index contributed by atoms with van der Waals surface area (Å²) in [5.74, 6) is -1.01. The number of hydrogen-bond acceptors (Lipinski definition) is 4. The van der Waals surface area contributed by atoms with E-state index in [0.29, 0.717) is 45.4 Å². The molecular weight excluding hydrogens is 333 g/mol. The Morgan fingerprint density at radius 3 is 2.75 bits per heavy atom. The molecule has 7 heteroatoms. The van der Waals surface area contributed by atoms with Crippen LogP contribution in [0.15, 0.2) is 18.2 Å². The van der Waals surface area contributed by atoms with E-state index in [4.69, 9.17) is 4.74 Å². The number of anilines is 1. The lowest BCUT2D eigenvalue weighted by molar-refractivity contribution is -0.118. The third kappa shape index (κ3) is 3.07. The lowest BCUT2D eigenvalue weighted by Crippen LogP contribution is -2.47. The molecule has 5 nitrogen and oxygen atoms in total. The highest BCUT2D eigenvalue weighted by atomic mass is 32.2. The van der Waals surface area contributed by atoms with Crippen molar-refractivity contribution in [2.24, 2.45) is 0 Å². The van der Waals surface area contributed by atoms with Crippen LogP contribution < -0.4 is 4.90 Å². The van der Waals surface area contributed by atoms with Gasteiger partial charge in [-0.1, -0.05) is 12.1 Å². The number of aryl methyl sites for hydroxylation is 1. The maximum atomic E-state index is 14.2. The summed E-state index contributed by atoms with van der Waals surface area (Å²) in [5, 5.41) is -1.73. The Morgan fingerprint density at radius 2 is 2.04 bits per heavy atom. The number of ether oxygens (including phenoxy) is 1. The Labute approximate surface area is 141 Å². The Morgan fingerprint density at radius 1 is 1.33 bits per heavy atom. The van der Waals surface area contributed by atoms with Crippen LogP contribution >= 0.6 is 0 Å². The number of benzene rings is 1. The van der Waals surface area contributed by atoms with Gasteiger partial charge in [0.25, 0.3) is 0 Å². The molecule has 1 aromatic carbocycles. The highest BCUT2D eigenvalue weighted by Gasteiger charge is 2.40. The van der Waals surface area contributed by atoms with Crippen LogP contribution in [0.3, 0.4) is 0 Å². The van der Waals surface area contributed by atoms with E-state index in [2.05, 4.69) is 0 Å². The number of amides is 1. The SMILES string of the molecule is C[C@@H](C(=O)N1CCCc2cccc(F)c21)S(=O)(=O)C1CCOCC1. The fraction of sp³-hybridized carbons (Fsp3) is 0.588. The molecule has 1 amide bonds. The molecule has 0 unspecified atom stereocenters. The average Bonchev–Trinajstić information content (AvgIpc) is 2.61. The summed E-state index contributed by atoms with van der Waals surface area (Å²) in [6.45, 7) is 2.56. The number of rotatable bonds is 3. The van der Waals surface area contributed by atoms with Crippen LogP contribution in [0.2, 0.25) is 0 Å². The van der Waals surface area contributed by atoms with Crippen LogP contribution in [0.1, 0.15) is 31.7 Å². The van der Waals surface area contributed by atoms with Crippen LogP contribution in [0.25, 0.3) is 0 Å². The van der Waals surface area contributed by atoms with E-state index in [-0.39, 0.29) is 5.69 Å². The quantitative estimate of drug-likeness (QED) is 0.833. The van der Waals surface area contributed by atoms with Crippen LogP contribution in [0.4, 0.5) is 10.1 Å². The molecule has 0 N–H and O–H groups in total. The Kier molecular flexibility index (Phi) is 4.92. The van der Waals surface area contributed by atoms with E-state index < -0.39 is 32.1 Å². The molecule has 24 heavy (non-hydrogen) atoms. The molecule has 1 saturated heterocycles. The van der Waals surface area contributed by atoms with Gasteiger partial charge >= 0.3 is 0 Å². The van der Waals surface area contributed by atoms with Gasteiger partial charge in [0.2, 0.25) is 5.91 Å². The number of nitrogens with zero attached hydrogens (tertiary/aromatic N) is 1. The third-order valence-corrected chi connectivity index (χ3v) is 7.50. The van der Waals surface area contributed by atoms with Gasteiger partial charge in [-0.05, 0) is 44.2 Å². The zero-order chi connectivity index (χ0) is 17.3. The van der Waals surface area contributed by atoms with Crippen molar-refractivity contribution in [2.75, 3.05) is 24.7 Å². The fourth-order valence-corrected chi connectivity index (χ4v) is 5.31. The second-order valence-corrected chi connectivity index (χ2v) is 8.94. The predicted octanol–water partition coefficient (Wildman–Crippen LogP) is 2.09. The summed E-state index contributed by atoms with van der Waals surface area (Å²) in [7, 11) is -3.62. The van der Waals surface area contributed by atoms with Crippen molar-refractivity contribution >= 4 is 21.4 Å². The Bertz CT molecular complexity index is 728. The van der Waals surface area contributed by atoms with E-state index in [1.165, 1.54) is 17.9 Å². The standard InChI is InChI=1S/C17H22FNO4S/c1-12(24(21,22)14-7-10-23-11-8-14)17(20)19-9-3-5-13-4-2-6-15(18)16(13)19/h2,4,6,12,14H,3,5,7-11H2,1H3/t12-/m0/s1. The van der Waals surface area contributed by atoms with E-state index in [0.717, 1.165) is 5.56 Å². The van der Waals surface area contributed by atoms with Gasteiger partial charge in [-0.2, -0.15) is 0 Å². The minimum atomic E-state index is -3.62. The van der Waals surface area contributed by atoms with Crippen LogP contribution in [-0.4, -0.2) is 44.6 Å². The molecule has 0 bridgehead atoms. The highest BCUT2D eigenvalue weighted by molar-refractivity contribution is 7.93. The van der Waals surface area contributed by atoms with Gasteiger partial charge in [0.05, 0.1) is 10.9 Å². The predicted molar refractivity (Wildman–Crippen MR) is 89.3 cm³/mol. The topological polar surface area (TPSA) is 63.7 Å². The molecule has 0 aliphatic carbocycles. The summed E-state index contributed by atoms with van der Waals surface area (Å²) in [5.41, 5.74) is 0.994. The zero-order valence-corrected chi connectivity index (χ0v) is 14.5. The molecule has 2 heterocycles. The van der Waals surface area contributed by atoms with Gasteiger partial charge in [-0.3, -0.25) is 4.79 Å². The van der Waals surface area contributed by atoms with E-state index in [1.807, 2.05) is 0 Å². The van der Waals surface area contributed by atoms with Gasteiger partial charge in [0, 0.05) is 19.8 Å². The molecular formula is C17H22FNO4S. The summed E-state index contributed by atoms with van der Waals surface area (Å²) >= 11 is 0. The molecule has 0 radical (unpaired) electrons. The average molecular weight is 355 g/mol. The summed E-state index contributed by atoms with van der Waals surface area (Å²) < 4.78 is 45.0. The first kappa shape index (κ1) is 17.4. The van der Waals surface area contributed by atoms with E-state index >= 15 is 0 Å². The number of para-hydroxylation sites is 1. The molecule has 132 valence electrons. The highest BCUT2D eigenvalue weighted by Crippen LogP contribution is 2.31. The number of hydrogen-bond donors (Lipinski definition) is 0. The number of fused-ring (bicyclic) bond motifs is 1. The molecule has 1 fully saturated rings. The summed E-state index contributed by atoms with van der Waals surface area (Å²) in [6.07, 6.45) is 2.21. The van der Waals surface area contributed by atoms with E-state index in [1.54, 1.807) is 12.1 Å². The molecule has 0 saturated carbocycles. The molecule has 0 aromatic heterocycles. The molecule has 1 atom stereocenters. The van der Waals surface area contributed by atoms with Crippen LogP contribution in [0.5, 0.6) is 0 Å². The maximum Gasteiger partial charge on any atom is 0.245 e. The van der Waals surface area contributed by atoms with Crippen molar-refractivity contribution in [3.05, 3.63) is 29.6 Å². The van der Waals surface area contributed by atoms with Crippen molar-refractivity contribution in [2.45, 2.75) is 43.1 Å². The van der Waals surface area contributed by atoms with Crippen molar-refractivity contribution in [1.82, 2.24) is 0 Å². The summed E-state index contributed by atoms with van der Waals surface area (Å²) in [6, 6.07) is 4.71. The first-order valence-electron chi connectivity index (χ1n) is 8.32. The zero-order valence-electron chi connectivity index (χ0n) is 13.7. The largest absolute Gasteiger partial charge is 0.381 e. The van der Waals surface area contributed by atoms with Crippen molar-refractivity contribution in [3.8, 4) is 0 Å². The van der Waals surface area contributed by atoms with Crippen molar-refractivity contribution < 1.29 is 22.3 Å². The van der Waals surface area contributed by atoms with Gasteiger partial charge in [0.15, 0.2) is 9.84 Å². The van der Waals surface area contributed by atoms with Crippen LogP contribution in [0, 0.1) is 5.82 Å². The fourth-order valence-electron chi connectivity index (χ4n) is 3.48. The number of halogens is 1. The Hall–Kier alpha value is -1.47. The molecule has 2 aliphatic heterocycles. The van der Waals surface area contributed by atoms with Gasteiger partial charge in [-0.15, -0.1) is 0 Å². The number of carbonyl (C=O) groups is 1. The monoisotopic (exact) mass is 355 g/mol. The minimum absolute atomic E-state index is 0.239. The van der Waals surface area contributed by atoms with Gasteiger partial charge in [-0.25, -0.2) is 12.8 Å². The smallest absolute Gasteiger partial charge is 0.245 e. The first-order valence-corrected chi connectivity index (χ1v) is 9.93. The van der Waals surface area contributed by atoms with Gasteiger partial charge < -0.3 is 9.64 Å². The normalized spacial score (nSPS) is 20.5. The molecule has 1 aromatic rings. The molecule has 0 spiro atoms. The lowest BCUT2D eigenvalue weighted by atomic mass is 10.0. The number of sulfone groups is 1. The first-order chi connectivity index (χ1) is 11.4. The Balaban J connectivity index is 1.87. The van der Waals surface area contributed by atoms with E-state index in [9.17, 15) is 17.6 Å². The maximum absolute atomic E-state index is 14.2. The minimum Gasteiger partial charge on any atom is -0.381 e. The lowest BCUT2D eigenvalue weighted by Gasteiger charge is -2.33. The number of carbonyl (C=O) groups excluding carboxylic acids is 1. The second-order valence-electron chi connectivity index (χ2n) is 6.38.